The smallest absolute Gasteiger partial charge is 0.330 e. The third kappa shape index (κ3) is 3.66. The normalized spacial score (nSPS) is 27.4. The average Bonchev–Trinajstić information content (AvgIpc) is 2.83. The van der Waals surface area contributed by atoms with Gasteiger partial charge >= 0.3 is 5.69 Å². The van der Waals surface area contributed by atoms with Crippen molar-refractivity contribution in [1.29, 1.82) is 0 Å². The van der Waals surface area contributed by atoms with Gasteiger partial charge in [-0.15, -0.1) is 0 Å². The number of nitrogens with one attached hydrogen (secondary N) is 1. The quantitative estimate of drug-likeness (QED) is 0.446. The van der Waals surface area contributed by atoms with Gasteiger partial charge in [0.15, 0.2) is 6.23 Å². The van der Waals surface area contributed by atoms with Crippen LogP contribution in [0.15, 0.2) is 22.4 Å². The van der Waals surface area contributed by atoms with Crippen molar-refractivity contribution in [3.8, 4) is 0 Å². The summed E-state index contributed by atoms with van der Waals surface area (Å²) in [4.78, 5) is 25.8. The lowest BCUT2D eigenvalue weighted by molar-refractivity contribution is -0.0441. The van der Waals surface area contributed by atoms with Gasteiger partial charge in [0.1, 0.15) is 12.2 Å². The molecule has 1 aromatic rings. The molecular formula is C16H23IN2O5. The number of alkyl halides is 1. The molecule has 2 rings (SSSR count). The van der Waals surface area contributed by atoms with Crippen LogP contribution in [-0.2, 0) is 4.74 Å². The van der Waals surface area contributed by atoms with E-state index in [1.54, 1.807) is 0 Å². The second-order valence-electron chi connectivity index (χ2n) is 6.06. The van der Waals surface area contributed by atoms with E-state index in [1.165, 1.54) is 12.3 Å². The van der Waals surface area contributed by atoms with E-state index < -0.39 is 35.8 Å². The van der Waals surface area contributed by atoms with Gasteiger partial charge in [-0.25, -0.2) is 4.79 Å². The van der Waals surface area contributed by atoms with Crippen LogP contribution in [0.25, 0.3) is 6.08 Å². The second-order valence-corrected chi connectivity index (χ2v) is 8.35. The molecule has 0 spiro atoms. The molecular weight excluding hydrogens is 427 g/mol. The number of H-pyrrole nitrogens is 1. The lowest BCUT2D eigenvalue weighted by atomic mass is 9.93. The minimum absolute atomic E-state index is 0.0553. The highest BCUT2D eigenvalue weighted by Gasteiger charge is 2.46. The number of aliphatic hydroxyl groups is 2. The summed E-state index contributed by atoms with van der Waals surface area (Å²) < 4.78 is 6.83. The minimum atomic E-state index is -1.26. The van der Waals surface area contributed by atoms with Crippen LogP contribution < -0.4 is 11.2 Å². The molecule has 24 heavy (non-hydrogen) atoms. The molecule has 0 aliphatic carbocycles. The van der Waals surface area contributed by atoms with Crippen molar-refractivity contribution >= 4 is 28.7 Å². The number of aromatic amines is 1. The fourth-order valence-corrected chi connectivity index (χ4v) is 3.30. The number of ether oxygens (including phenoxy) is 1. The van der Waals surface area contributed by atoms with E-state index in [2.05, 4.69) is 48.0 Å². The fraction of sp³-hybridized carbons (Fsp3) is 0.625. The fourth-order valence-electron chi connectivity index (χ4n) is 2.86. The molecule has 1 aliphatic rings. The predicted molar refractivity (Wildman–Crippen MR) is 99.3 cm³/mol. The molecule has 0 radical (unpaired) electrons. The van der Waals surface area contributed by atoms with Gasteiger partial charge in [0.2, 0.25) is 0 Å². The van der Waals surface area contributed by atoms with Crippen LogP contribution in [0.2, 0.25) is 0 Å². The molecule has 4 atom stereocenters. The van der Waals surface area contributed by atoms with Gasteiger partial charge in [0.25, 0.3) is 5.56 Å². The zero-order valence-corrected chi connectivity index (χ0v) is 15.9. The maximum Gasteiger partial charge on any atom is 0.330 e. The number of hydrogen-bond acceptors (Lipinski definition) is 5. The second kappa shape index (κ2) is 7.51. The molecule has 1 aromatic heterocycles. The van der Waals surface area contributed by atoms with Gasteiger partial charge in [0, 0.05) is 9.62 Å². The number of nitrogens with zero attached hydrogens (tertiary/aromatic N) is 1. The molecule has 0 bridgehead atoms. The maximum absolute atomic E-state index is 12.1. The van der Waals surface area contributed by atoms with Gasteiger partial charge in [-0.2, -0.15) is 0 Å². The lowest BCUT2D eigenvalue weighted by Gasteiger charge is -2.28. The molecule has 2 heterocycles. The zero-order chi connectivity index (χ0) is 18.1. The summed E-state index contributed by atoms with van der Waals surface area (Å²) in [5.74, 6) is 0. The largest absolute Gasteiger partial charge is 0.388 e. The SMILES string of the molecule is C=Cc1cn(C2O[C@H](CC(I)(CC)CC)[C@@H](O)[C@H]2O)c(=O)[nH]c1=O. The first-order chi connectivity index (χ1) is 11.3. The lowest BCUT2D eigenvalue weighted by Crippen LogP contribution is -2.38. The summed E-state index contributed by atoms with van der Waals surface area (Å²) in [7, 11) is 0. The van der Waals surface area contributed by atoms with Crippen LogP contribution in [0.3, 0.4) is 0 Å². The molecule has 1 unspecified atom stereocenters. The molecule has 1 saturated heterocycles. The first-order valence-corrected chi connectivity index (χ1v) is 9.02. The Hall–Kier alpha value is -0.970. The van der Waals surface area contributed by atoms with Gasteiger partial charge in [-0.05, 0) is 19.3 Å². The highest BCUT2D eigenvalue weighted by molar-refractivity contribution is 14.1. The average molecular weight is 450 g/mol. The number of aliphatic hydroxyl groups excluding tert-OH is 2. The van der Waals surface area contributed by atoms with Gasteiger partial charge < -0.3 is 14.9 Å². The van der Waals surface area contributed by atoms with Crippen molar-refractivity contribution in [2.45, 2.75) is 61.1 Å². The molecule has 1 fully saturated rings. The predicted octanol–water partition coefficient (Wildman–Crippen LogP) is 1.18. The van der Waals surface area contributed by atoms with E-state index in [9.17, 15) is 19.8 Å². The monoisotopic (exact) mass is 450 g/mol. The summed E-state index contributed by atoms with van der Waals surface area (Å²) in [5.41, 5.74) is -1.07. The Kier molecular flexibility index (Phi) is 6.05. The highest BCUT2D eigenvalue weighted by atomic mass is 127. The molecule has 134 valence electrons. The number of hydrogen-bond donors (Lipinski definition) is 3. The Morgan fingerprint density at radius 2 is 2.00 bits per heavy atom. The molecule has 8 heteroatoms. The molecule has 0 saturated carbocycles. The number of aromatic nitrogens is 2. The van der Waals surface area contributed by atoms with Crippen LogP contribution >= 0.6 is 22.6 Å². The third-order valence-electron chi connectivity index (χ3n) is 4.66. The van der Waals surface area contributed by atoms with Crippen molar-refractivity contribution in [2.24, 2.45) is 0 Å². The van der Waals surface area contributed by atoms with Crippen LogP contribution in [0.5, 0.6) is 0 Å². The van der Waals surface area contributed by atoms with E-state index >= 15 is 0 Å². The maximum atomic E-state index is 12.1. The van der Waals surface area contributed by atoms with E-state index in [0.717, 1.165) is 17.4 Å². The van der Waals surface area contributed by atoms with Crippen molar-refractivity contribution < 1.29 is 14.9 Å². The Morgan fingerprint density at radius 3 is 2.54 bits per heavy atom. The Balaban J connectivity index is 2.32. The summed E-state index contributed by atoms with van der Waals surface area (Å²) in [6, 6.07) is 0. The Labute approximate surface area is 153 Å². The minimum Gasteiger partial charge on any atom is -0.388 e. The summed E-state index contributed by atoms with van der Waals surface area (Å²) in [6.45, 7) is 7.65. The van der Waals surface area contributed by atoms with Gasteiger partial charge in [-0.1, -0.05) is 49.1 Å². The highest BCUT2D eigenvalue weighted by Crippen LogP contribution is 2.39. The standard InChI is InChI=1S/C16H23IN2O5/c1-4-9-8-19(15(23)18-13(9)22)14-12(21)11(20)10(24-14)7-16(17,5-2)6-3/h4,8,10-12,14,20-21H,1,5-7H2,2-3H3,(H,18,22,23)/t10-,11-,12-,14?/m1/s1. The van der Waals surface area contributed by atoms with Crippen LogP contribution in [-0.4, -0.2) is 41.5 Å². The summed E-state index contributed by atoms with van der Waals surface area (Å²) >= 11 is 2.35. The number of halogens is 1. The van der Waals surface area contributed by atoms with Crippen molar-refractivity contribution in [3.63, 3.8) is 0 Å². The molecule has 0 aromatic carbocycles. The van der Waals surface area contributed by atoms with E-state index in [-0.39, 0.29) is 8.99 Å². The first-order valence-electron chi connectivity index (χ1n) is 7.94. The van der Waals surface area contributed by atoms with E-state index in [4.69, 9.17) is 4.74 Å². The number of rotatable bonds is 6. The van der Waals surface area contributed by atoms with E-state index in [1.807, 2.05) is 0 Å². The van der Waals surface area contributed by atoms with Crippen LogP contribution in [0.1, 0.15) is 44.9 Å². The Morgan fingerprint density at radius 1 is 1.38 bits per heavy atom. The first kappa shape index (κ1) is 19.4. The van der Waals surface area contributed by atoms with Crippen LogP contribution in [0.4, 0.5) is 0 Å². The van der Waals surface area contributed by atoms with Gasteiger partial charge in [0.05, 0.1) is 11.7 Å². The zero-order valence-electron chi connectivity index (χ0n) is 13.7. The molecule has 7 nitrogen and oxygen atoms in total. The summed E-state index contributed by atoms with van der Waals surface area (Å²) in [5, 5.41) is 20.7. The van der Waals surface area contributed by atoms with E-state index in [0.29, 0.717) is 6.42 Å². The molecule has 0 amide bonds. The van der Waals surface area contributed by atoms with Gasteiger partial charge in [-0.3, -0.25) is 14.3 Å². The van der Waals surface area contributed by atoms with Crippen molar-refractivity contribution in [3.05, 3.63) is 39.2 Å². The third-order valence-corrected chi connectivity index (χ3v) is 6.63. The Bertz CT molecular complexity index is 709. The molecule has 1 aliphatic heterocycles. The van der Waals surface area contributed by atoms with Crippen LogP contribution in [0, 0.1) is 0 Å². The molecule has 3 N–H and O–H groups in total. The topological polar surface area (TPSA) is 105 Å². The van der Waals surface area contributed by atoms with Crippen molar-refractivity contribution in [1.82, 2.24) is 9.55 Å². The summed E-state index contributed by atoms with van der Waals surface area (Å²) in [6.07, 6.45) is 0.950. The van der Waals surface area contributed by atoms with Crippen molar-refractivity contribution in [2.75, 3.05) is 0 Å².